The zero-order chi connectivity index (χ0) is 18.1. The monoisotopic (exact) mass is 392 g/mol. The molecule has 9 heteroatoms. The van der Waals surface area contributed by atoms with E-state index in [0.29, 0.717) is 42.0 Å². The number of aromatic nitrogens is 1. The van der Waals surface area contributed by atoms with Crippen LogP contribution >= 0.6 is 11.3 Å². The van der Waals surface area contributed by atoms with Gasteiger partial charge in [0.1, 0.15) is 19.0 Å². The SMILES string of the molecule is CCOc1ccc2nc(NS(=O)(=O)c3ccc4c(c3)OCCO4)sc2c1. The summed E-state index contributed by atoms with van der Waals surface area (Å²) in [6.07, 6.45) is 0. The van der Waals surface area contributed by atoms with E-state index in [1.807, 2.05) is 19.1 Å². The summed E-state index contributed by atoms with van der Waals surface area (Å²) in [5.74, 6) is 1.69. The first-order chi connectivity index (χ1) is 12.5. The Labute approximate surface area is 154 Å². The Morgan fingerprint density at radius 1 is 1.15 bits per heavy atom. The quantitative estimate of drug-likeness (QED) is 0.717. The van der Waals surface area contributed by atoms with Crippen LogP contribution in [0.2, 0.25) is 0 Å². The molecular weight excluding hydrogens is 376 g/mol. The fourth-order valence-corrected chi connectivity index (χ4v) is 4.71. The first-order valence-corrected chi connectivity index (χ1v) is 10.3. The van der Waals surface area contributed by atoms with E-state index in [-0.39, 0.29) is 4.90 Å². The van der Waals surface area contributed by atoms with Gasteiger partial charge in [-0.05, 0) is 37.3 Å². The van der Waals surface area contributed by atoms with E-state index in [0.717, 1.165) is 10.4 Å². The Morgan fingerprint density at radius 2 is 1.96 bits per heavy atom. The van der Waals surface area contributed by atoms with Crippen LogP contribution in [0.25, 0.3) is 10.2 Å². The smallest absolute Gasteiger partial charge is 0.263 e. The van der Waals surface area contributed by atoms with Gasteiger partial charge in [0.25, 0.3) is 10.0 Å². The lowest BCUT2D eigenvalue weighted by Gasteiger charge is -2.18. The third kappa shape index (κ3) is 3.27. The van der Waals surface area contributed by atoms with Crippen LogP contribution in [0.3, 0.4) is 0 Å². The number of benzene rings is 2. The van der Waals surface area contributed by atoms with Crippen molar-refractivity contribution >= 4 is 36.7 Å². The number of nitrogens with zero attached hydrogens (tertiary/aromatic N) is 1. The van der Waals surface area contributed by atoms with Crippen molar-refractivity contribution in [2.24, 2.45) is 0 Å². The van der Waals surface area contributed by atoms with Gasteiger partial charge in [-0.3, -0.25) is 4.72 Å². The van der Waals surface area contributed by atoms with Crippen molar-refractivity contribution in [3.8, 4) is 17.2 Å². The summed E-state index contributed by atoms with van der Waals surface area (Å²) < 4.78 is 45.0. The van der Waals surface area contributed by atoms with Crippen molar-refractivity contribution in [1.29, 1.82) is 0 Å². The zero-order valence-corrected chi connectivity index (χ0v) is 15.5. The van der Waals surface area contributed by atoms with Crippen molar-refractivity contribution < 1.29 is 22.6 Å². The van der Waals surface area contributed by atoms with Crippen molar-refractivity contribution in [2.75, 3.05) is 24.5 Å². The lowest BCUT2D eigenvalue weighted by atomic mass is 10.3. The molecule has 0 saturated carbocycles. The average molecular weight is 392 g/mol. The maximum Gasteiger partial charge on any atom is 0.263 e. The predicted molar refractivity (Wildman–Crippen MR) is 99.0 cm³/mol. The minimum absolute atomic E-state index is 0.0935. The van der Waals surface area contributed by atoms with Gasteiger partial charge in [0.2, 0.25) is 0 Å². The Kier molecular flexibility index (Phi) is 4.33. The number of nitrogens with one attached hydrogen (secondary N) is 1. The highest BCUT2D eigenvalue weighted by atomic mass is 32.2. The summed E-state index contributed by atoms with van der Waals surface area (Å²) in [6.45, 7) is 3.31. The molecule has 1 aliphatic heterocycles. The molecule has 3 aromatic rings. The van der Waals surface area contributed by atoms with Crippen LogP contribution in [-0.4, -0.2) is 33.2 Å². The maximum atomic E-state index is 12.7. The summed E-state index contributed by atoms with van der Waals surface area (Å²) >= 11 is 1.25. The molecule has 2 heterocycles. The number of sulfonamides is 1. The third-order valence-corrected chi connectivity index (χ3v) is 6.12. The summed E-state index contributed by atoms with van der Waals surface area (Å²) in [5.41, 5.74) is 0.707. The van der Waals surface area contributed by atoms with E-state index in [1.165, 1.54) is 23.5 Å². The summed E-state index contributed by atoms with van der Waals surface area (Å²) in [6, 6.07) is 9.99. The second-order valence-corrected chi connectivity index (χ2v) is 8.21. The zero-order valence-electron chi connectivity index (χ0n) is 13.9. The topological polar surface area (TPSA) is 86.8 Å². The average Bonchev–Trinajstić information content (AvgIpc) is 3.02. The Morgan fingerprint density at radius 3 is 2.77 bits per heavy atom. The van der Waals surface area contributed by atoms with Crippen molar-refractivity contribution in [3.63, 3.8) is 0 Å². The molecule has 26 heavy (non-hydrogen) atoms. The molecule has 0 spiro atoms. The van der Waals surface area contributed by atoms with Crippen LogP contribution in [0.1, 0.15) is 6.92 Å². The van der Waals surface area contributed by atoms with E-state index in [9.17, 15) is 8.42 Å². The highest BCUT2D eigenvalue weighted by molar-refractivity contribution is 7.93. The predicted octanol–water partition coefficient (Wildman–Crippen LogP) is 3.27. The summed E-state index contributed by atoms with van der Waals surface area (Å²) in [5, 5.41) is 0.295. The molecule has 0 fully saturated rings. The standard InChI is InChI=1S/C17H16N2O5S2/c1-2-22-11-3-5-13-16(9-11)25-17(18-13)19-26(20,21)12-4-6-14-15(10-12)24-8-7-23-14/h3-6,9-10H,2,7-8H2,1H3,(H,18,19). The van der Waals surface area contributed by atoms with E-state index < -0.39 is 10.0 Å². The van der Waals surface area contributed by atoms with Gasteiger partial charge in [-0.25, -0.2) is 13.4 Å². The van der Waals surface area contributed by atoms with Crippen LogP contribution in [-0.2, 0) is 10.0 Å². The van der Waals surface area contributed by atoms with Crippen LogP contribution in [0.5, 0.6) is 17.2 Å². The van der Waals surface area contributed by atoms with Crippen LogP contribution in [0.15, 0.2) is 41.3 Å². The van der Waals surface area contributed by atoms with E-state index >= 15 is 0 Å². The molecule has 0 radical (unpaired) electrons. The van der Waals surface area contributed by atoms with E-state index in [2.05, 4.69) is 9.71 Å². The normalized spacial score (nSPS) is 13.6. The highest BCUT2D eigenvalue weighted by Crippen LogP contribution is 2.34. The van der Waals surface area contributed by atoms with Crippen molar-refractivity contribution in [3.05, 3.63) is 36.4 Å². The summed E-state index contributed by atoms with van der Waals surface area (Å²) in [4.78, 5) is 4.42. The van der Waals surface area contributed by atoms with E-state index in [4.69, 9.17) is 14.2 Å². The molecular formula is C17H16N2O5S2. The molecule has 0 bridgehead atoms. The number of thiazole rings is 1. The molecule has 4 rings (SSSR count). The lowest BCUT2D eigenvalue weighted by molar-refractivity contribution is 0.171. The second-order valence-electron chi connectivity index (χ2n) is 5.49. The Hall–Kier alpha value is -2.52. The number of anilines is 1. The molecule has 0 saturated heterocycles. The Balaban J connectivity index is 1.62. The molecule has 0 atom stereocenters. The molecule has 7 nitrogen and oxygen atoms in total. The first-order valence-electron chi connectivity index (χ1n) is 8.01. The fourth-order valence-electron chi connectivity index (χ4n) is 2.57. The molecule has 1 N–H and O–H groups in total. The first kappa shape index (κ1) is 16.9. The molecule has 2 aromatic carbocycles. The number of rotatable bonds is 5. The second kappa shape index (κ2) is 6.65. The maximum absolute atomic E-state index is 12.7. The number of fused-ring (bicyclic) bond motifs is 2. The fraction of sp³-hybridized carbons (Fsp3) is 0.235. The lowest BCUT2D eigenvalue weighted by Crippen LogP contribution is -2.17. The molecule has 1 aliphatic rings. The summed E-state index contributed by atoms with van der Waals surface area (Å²) in [7, 11) is -3.78. The van der Waals surface area contributed by atoms with Crippen LogP contribution in [0.4, 0.5) is 5.13 Å². The Bertz CT molecular complexity index is 1060. The van der Waals surface area contributed by atoms with Gasteiger partial charge < -0.3 is 14.2 Å². The minimum Gasteiger partial charge on any atom is -0.494 e. The van der Waals surface area contributed by atoms with Gasteiger partial charge in [0, 0.05) is 6.07 Å². The van der Waals surface area contributed by atoms with Crippen molar-refractivity contribution in [1.82, 2.24) is 4.98 Å². The van der Waals surface area contributed by atoms with Gasteiger partial charge in [-0.15, -0.1) is 0 Å². The van der Waals surface area contributed by atoms with Gasteiger partial charge >= 0.3 is 0 Å². The molecule has 0 amide bonds. The van der Waals surface area contributed by atoms with E-state index in [1.54, 1.807) is 12.1 Å². The number of hydrogen-bond donors (Lipinski definition) is 1. The molecule has 1 aromatic heterocycles. The van der Waals surface area contributed by atoms with Crippen LogP contribution in [0, 0.1) is 0 Å². The number of hydrogen-bond acceptors (Lipinski definition) is 7. The van der Waals surface area contributed by atoms with Crippen molar-refractivity contribution in [2.45, 2.75) is 11.8 Å². The van der Waals surface area contributed by atoms with Gasteiger partial charge in [0.15, 0.2) is 16.6 Å². The molecule has 0 aliphatic carbocycles. The van der Waals surface area contributed by atoms with Gasteiger partial charge in [0.05, 0.1) is 21.7 Å². The molecule has 0 unspecified atom stereocenters. The van der Waals surface area contributed by atoms with Crippen LogP contribution < -0.4 is 18.9 Å². The number of ether oxygens (including phenoxy) is 3. The van der Waals surface area contributed by atoms with Gasteiger partial charge in [-0.2, -0.15) is 0 Å². The molecule has 136 valence electrons. The largest absolute Gasteiger partial charge is 0.494 e. The van der Waals surface area contributed by atoms with Gasteiger partial charge in [-0.1, -0.05) is 11.3 Å². The minimum atomic E-state index is -3.78. The third-order valence-electron chi connectivity index (χ3n) is 3.72. The highest BCUT2D eigenvalue weighted by Gasteiger charge is 2.21.